The van der Waals surface area contributed by atoms with Crippen LogP contribution >= 0.6 is 23.6 Å². The first-order chi connectivity index (χ1) is 10.6. The predicted octanol–water partition coefficient (Wildman–Crippen LogP) is 1.76. The van der Waals surface area contributed by atoms with Crippen LogP contribution in [0.1, 0.15) is 24.1 Å². The highest BCUT2D eigenvalue weighted by atomic mass is 32.1. The van der Waals surface area contributed by atoms with Gasteiger partial charge in [0.15, 0.2) is 5.11 Å². The standard InChI is InChI=1S/C15H19N3O2S2/c19-13(7-6-12-4-2-11-22-12)17-15(21)16-8-3-10-18-9-1-5-14(18)20/h2,4,6-7,11H,1,3,5,8-10H2,(H2,16,17,19,21)/b7-6+. The van der Waals surface area contributed by atoms with Crippen molar-refractivity contribution in [1.29, 1.82) is 0 Å². The van der Waals surface area contributed by atoms with Crippen LogP contribution in [0.2, 0.25) is 0 Å². The highest BCUT2D eigenvalue weighted by molar-refractivity contribution is 7.80. The number of likely N-dealkylation sites (tertiary alicyclic amines) is 1. The van der Waals surface area contributed by atoms with Gasteiger partial charge in [0.25, 0.3) is 0 Å². The van der Waals surface area contributed by atoms with Gasteiger partial charge in [0.1, 0.15) is 0 Å². The number of nitrogens with one attached hydrogen (secondary N) is 2. The molecule has 2 amide bonds. The summed E-state index contributed by atoms with van der Waals surface area (Å²) >= 11 is 6.63. The Morgan fingerprint density at radius 3 is 3.05 bits per heavy atom. The third-order valence-corrected chi connectivity index (χ3v) is 4.32. The van der Waals surface area contributed by atoms with E-state index in [2.05, 4.69) is 10.6 Å². The largest absolute Gasteiger partial charge is 0.362 e. The molecule has 0 bridgehead atoms. The number of nitrogens with zero attached hydrogens (tertiary/aromatic N) is 1. The molecule has 0 spiro atoms. The summed E-state index contributed by atoms with van der Waals surface area (Å²) in [4.78, 5) is 26.0. The minimum Gasteiger partial charge on any atom is -0.362 e. The smallest absolute Gasteiger partial charge is 0.250 e. The average molecular weight is 337 g/mol. The molecule has 5 nitrogen and oxygen atoms in total. The van der Waals surface area contributed by atoms with Crippen LogP contribution in [0.15, 0.2) is 23.6 Å². The normalized spacial score (nSPS) is 14.5. The lowest BCUT2D eigenvalue weighted by Gasteiger charge is -2.15. The molecule has 1 aromatic heterocycles. The van der Waals surface area contributed by atoms with Crippen molar-refractivity contribution in [2.24, 2.45) is 0 Å². The number of hydrogen-bond donors (Lipinski definition) is 2. The summed E-state index contributed by atoms with van der Waals surface area (Å²) in [7, 11) is 0. The predicted molar refractivity (Wildman–Crippen MR) is 92.5 cm³/mol. The molecule has 1 saturated heterocycles. The second-order valence-electron chi connectivity index (χ2n) is 4.93. The van der Waals surface area contributed by atoms with Crippen molar-refractivity contribution in [3.05, 3.63) is 28.5 Å². The lowest BCUT2D eigenvalue weighted by atomic mass is 10.4. The Balaban J connectivity index is 1.59. The Morgan fingerprint density at radius 2 is 2.36 bits per heavy atom. The molecular weight excluding hydrogens is 318 g/mol. The van der Waals surface area contributed by atoms with Crippen LogP contribution in [0.25, 0.3) is 6.08 Å². The second kappa shape index (κ2) is 8.65. The van der Waals surface area contributed by atoms with E-state index < -0.39 is 0 Å². The van der Waals surface area contributed by atoms with Crippen molar-refractivity contribution in [1.82, 2.24) is 15.5 Å². The summed E-state index contributed by atoms with van der Waals surface area (Å²) in [6.07, 6.45) is 5.65. The van der Waals surface area contributed by atoms with Crippen molar-refractivity contribution in [2.75, 3.05) is 19.6 Å². The molecule has 22 heavy (non-hydrogen) atoms. The lowest BCUT2D eigenvalue weighted by Crippen LogP contribution is -2.39. The minimum atomic E-state index is -0.249. The SMILES string of the molecule is O=C(/C=C/c1cccs1)NC(=S)NCCCN1CCCC1=O. The molecule has 0 unspecified atom stereocenters. The molecule has 7 heteroatoms. The number of rotatable bonds is 6. The van der Waals surface area contributed by atoms with Gasteiger partial charge in [0, 0.05) is 37.0 Å². The molecule has 0 aromatic carbocycles. The molecule has 2 heterocycles. The van der Waals surface area contributed by atoms with E-state index in [1.54, 1.807) is 17.4 Å². The summed E-state index contributed by atoms with van der Waals surface area (Å²) in [5, 5.41) is 7.84. The molecule has 0 aliphatic carbocycles. The van der Waals surface area contributed by atoms with Crippen LogP contribution in [-0.2, 0) is 9.59 Å². The third-order valence-electron chi connectivity index (χ3n) is 3.24. The highest BCUT2D eigenvalue weighted by Gasteiger charge is 2.18. The average Bonchev–Trinajstić information content (AvgIpc) is 3.13. The van der Waals surface area contributed by atoms with Crippen molar-refractivity contribution in [3.8, 4) is 0 Å². The molecular formula is C15H19N3O2S2. The summed E-state index contributed by atoms with van der Waals surface area (Å²) in [5.41, 5.74) is 0. The van der Waals surface area contributed by atoms with Gasteiger partial charge in [-0.25, -0.2) is 0 Å². The minimum absolute atomic E-state index is 0.231. The van der Waals surface area contributed by atoms with E-state index in [1.165, 1.54) is 6.08 Å². The van der Waals surface area contributed by atoms with Gasteiger partial charge in [-0.05, 0) is 42.6 Å². The lowest BCUT2D eigenvalue weighted by molar-refractivity contribution is -0.127. The Labute approximate surface area is 139 Å². The highest BCUT2D eigenvalue weighted by Crippen LogP contribution is 2.10. The Hall–Kier alpha value is -1.73. The Morgan fingerprint density at radius 1 is 1.50 bits per heavy atom. The first-order valence-electron chi connectivity index (χ1n) is 7.23. The Bertz CT molecular complexity index is 555. The van der Waals surface area contributed by atoms with E-state index in [0.717, 1.165) is 30.8 Å². The van der Waals surface area contributed by atoms with Gasteiger partial charge in [-0.1, -0.05) is 6.07 Å². The van der Waals surface area contributed by atoms with Gasteiger partial charge in [-0.2, -0.15) is 0 Å². The van der Waals surface area contributed by atoms with E-state index in [-0.39, 0.29) is 11.8 Å². The number of carbonyl (C=O) groups is 2. The summed E-state index contributed by atoms with van der Waals surface area (Å²) < 4.78 is 0. The second-order valence-corrected chi connectivity index (χ2v) is 6.32. The maximum absolute atomic E-state index is 11.7. The van der Waals surface area contributed by atoms with E-state index in [1.807, 2.05) is 22.4 Å². The molecule has 1 aromatic rings. The summed E-state index contributed by atoms with van der Waals surface area (Å²) in [6.45, 7) is 2.23. The molecule has 2 rings (SSSR count). The number of hydrogen-bond acceptors (Lipinski definition) is 4. The molecule has 0 saturated carbocycles. The molecule has 1 aliphatic heterocycles. The number of carbonyl (C=O) groups excluding carboxylic acids is 2. The van der Waals surface area contributed by atoms with Crippen LogP contribution in [-0.4, -0.2) is 41.5 Å². The zero-order valence-corrected chi connectivity index (χ0v) is 13.8. The van der Waals surface area contributed by atoms with Crippen molar-refractivity contribution >= 4 is 46.6 Å². The van der Waals surface area contributed by atoms with Crippen LogP contribution in [0, 0.1) is 0 Å². The van der Waals surface area contributed by atoms with Crippen LogP contribution in [0.4, 0.5) is 0 Å². The van der Waals surface area contributed by atoms with Gasteiger partial charge in [0.2, 0.25) is 11.8 Å². The van der Waals surface area contributed by atoms with Gasteiger partial charge < -0.3 is 10.2 Å². The molecule has 1 fully saturated rings. The molecule has 118 valence electrons. The first kappa shape index (κ1) is 16.6. The van der Waals surface area contributed by atoms with Gasteiger partial charge in [0.05, 0.1) is 0 Å². The zero-order chi connectivity index (χ0) is 15.8. The Kier molecular flexibility index (Phi) is 6.54. The topological polar surface area (TPSA) is 61.4 Å². The van der Waals surface area contributed by atoms with Crippen LogP contribution in [0.3, 0.4) is 0 Å². The van der Waals surface area contributed by atoms with E-state index in [9.17, 15) is 9.59 Å². The van der Waals surface area contributed by atoms with E-state index in [0.29, 0.717) is 18.1 Å². The van der Waals surface area contributed by atoms with E-state index in [4.69, 9.17) is 12.2 Å². The quantitative estimate of drug-likeness (QED) is 0.472. The monoisotopic (exact) mass is 337 g/mol. The van der Waals surface area contributed by atoms with Crippen molar-refractivity contribution in [3.63, 3.8) is 0 Å². The van der Waals surface area contributed by atoms with Gasteiger partial charge >= 0.3 is 0 Å². The molecule has 1 aliphatic rings. The van der Waals surface area contributed by atoms with Gasteiger partial charge in [-0.15, -0.1) is 11.3 Å². The van der Waals surface area contributed by atoms with Crippen LogP contribution in [0.5, 0.6) is 0 Å². The van der Waals surface area contributed by atoms with E-state index >= 15 is 0 Å². The third kappa shape index (κ3) is 5.57. The summed E-state index contributed by atoms with van der Waals surface area (Å²) in [5.74, 6) is -0.0183. The van der Waals surface area contributed by atoms with Crippen molar-refractivity contribution < 1.29 is 9.59 Å². The molecule has 2 N–H and O–H groups in total. The maximum Gasteiger partial charge on any atom is 0.250 e. The zero-order valence-electron chi connectivity index (χ0n) is 12.2. The molecule has 0 radical (unpaired) electrons. The summed E-state index contributed by atoms with van der Waals surface area (Å²) in [6, 6.07) is 3.87. The first-order valence-corrected chi connectivity index (χ1v) is 8.52. The fraction of sp³-hybridized carbons (Fsp3) is 0.400. The van der Waals surface area contributed by atoms with Crippen LogP contribution < -0.4 is 10.6 Å². The fourth-order valence-electron chi connectivity index (χ4n) is 2.15. The molecule has 0 atom stereocenters. The fourth-order valence-corrected chi connectivity index (χ4v) is 2.97. The number of amides is 2. The maximum atomic E-state index is 11.7. The van der Waals surface area contributed by atoms with Crippen molar-refractivity contribution in [2.45, 2.75) is 19.3 Å². The number of thiophene rings is 1. The number of thiocarbonyl (C=S) groups is 1. The van der Waals surface area contributed by atoms with Gasteiger partial charge in [-0.3, -0.25) is 14.9 Å².